The monoisotopic (exact) mass is 275 g/mol. The molecule has 3 heteroatoms. The standard InChI is InChI=1S/C18H13NO2/c1-2-19-17(20)15-9-13-7-11-5-3-4-6-12(11)8-14(13)10-16(15)18(19)21/h3-10H,2H2,1H3. The molecule has 0 radical (unpaired) electrons. The molecule has 0 spiro atoms. The molecule has 21 heavy (non-hydrogen) atoms. The lowest BCUT2D eigenvalue weighted by molar-refractivity contribution is 0.0663. The average molecular weight is 275 g/mol. The highest BCUT2D eigenvalue weighted by Gasteiger charge is 2.34. The summed E-state index contributed by atoms with van der Waals surface area (Å²) in [6, 6.07) is 15.9. The van der Waals surface area contributed by atoms with Crippen LogP contribution < -0.4 is 0 Å². The molecule has 0 bridgehead atoms. The lowest BCUT2D eigenvalue weighted by Crippen LogP contribution is -2.29. The average Bonchev–Trinajstić information content (AvgIpc) is 2.74. The fourth-order valence-corrected chi connectivity index (χ4v) is 3.02. The molecule has 1 aliphatic rings. The summed E-state index contributed by atoms with van der Waals surface area (Å²) in [6.07, 6.45) is 0. The zero-order chi connectivity index (χ0) is 14.6. The minimum Gasteiger partial charge on any atom is -0.275 e. The second-order valence-electron chi connectivity index (χ2n) is 5.30. The SMILES string of the molecule is CCN1C(=O)c2cc3cc4ccccc4cc3cc2C1=O. The van der Waals surface area contributed by atoms with Gasteiger partial charge < -0.3 is 0 Å². The van der Waals surface area contributed by atoms with Crippen molar-refractivity contribution in [2.75, 3.05) is 6.54 Å². The van der Waals surface area contributed by atoms with Crippen molar-refractivity contribution in [2.45, 2.75) is 6.92 Å². The molecule has 3 aromatic carbocycles. The van der Waals surface area contributed by atoms with Gasteiger partial charge in [-0.05, 0) is 52.7 Å². The van der Waals surface area contributed by atoms with E-state index < -0.39 is 0 Å². The summed E-state index contributed by atoms with van der Waals surface area (Å²) < 4.78 is 0. The van der Waals surface area contributed by atoms with Gasteiger partial charge in [0.1, 0.15) is 0 Å². The Labute approximate surface area is 121 Å². The molecular formula is C18H13NO2. The van der Waals surface area contributed by atoms with Crippen LogP contribution >= 0.6 is 0 Å². The van der Waals surface area contributed by atoms with Crippen LogP contribution in [-0.4, -0.2) is 23.3 Å². The van der Waals surface area contributed by atoms with Crippen molar-refractivity contribution >= 4 is 33.4 Å². The number of hydrogen-bond acceptors (Lipinski definition) is 2. The van der Waals surface area contributed by atoms with Crippen molar-refractivity contribution in [1.29, 1.82) is 0 Å². The minimum absolute atomic E-state index is 0.187. The van der Waals surface area contributed by atoms with Crippen LogP contribution in [0.5, 0.6) is 0 Å². The van der Waals surface area contributed by atoms with Crippen molar-refractivity contribution in [3.05, 3.63) is 59.7 Å². The van der Waals surface area contributed by atoms with Gasteiger partial charge in [-0.3, -0.25) is 14.5 Å². The lowest BCUT2D eigenvalue weighted by Gasteiger charge is -2.08. The molecule has 1 heterocycles. The molecule has 102 valence electrons. The van der Waals surface area contributed by atoms with E-state index in [-0.39, 0.29) is 11.8 Å². The Morgan fingerprint density at radius 1 is 0.762 bits per heavy atom. The van der Waals surface area contributed by atoms with Crippen LogP contribution in [0.3, 0.4) is 0 Å². The Morgan fingerprint density at radius 2 is 1.24 bits per heavy atom. The van der Waals surface area contributed by atoms with E-state index in [0.29, 0.717) is 17.7 Å². The molecular weight excluding hydrogens is 262 g/mol. The quantitative estimate of drug-likeness (QED) is 0.502. The number of fused-ring (bicyclic) bond motifs is 3. The molecule has 3 nitrogen and oxygen atoms in total. The maximum Gasteiger partial charge on any atom is 0.261 e. The van der Waals surface area contributed by atoms with Crippen molar-refractivity contribution in [3.63, 3.8) is 0 Å². The van der Waals surface area contributed by atoms with Gasteiger partial charge in [0, 0.05) is 6.54 Å². The van der Waals surface area contributed by atoms with E-state index in [2.05, 4.69) is 12.1 Å². The first-order chi connectivity index (χ1) is 10.2. The number of carbonyl (C=O) groups excluding carboxylic acids is 2. The van der Waals surface area contributed by atoms with Crippen molar-refractivity contribution in [3.8, 4) is 0 Å². The zero-order valence-electron chi connectivity index (χ0n) is 11.6. The van der Waals surface area contributed by atoms with E-state index in [4.69, 9.17) is 0 Å². The highest BCUT2D eigenvalue weighted by Crippen LogP contribution is 2.30. The van der Waals surface area contributed by atoms with Gasteiger partial charge in [0.05, 0.1) is 11.1 Å². The van der Waals surface area contributed by atoms with Gasteiger partial charge in [0.25, 0.3) is 11.8 Å². The maximum atomic E-state index is 12.3. The Balaban J connectivity index is 2.04. The van der Waals surface area contributed by atoms with Gasteiger partial charge in [0.2, 0.25) is 0 Å². The first-order valence-electron chi connectivity index (χ1n) is 7.02. The molecule has 3 aromatic rings. The van der Waals surface area contributed by atoms with Crippen LogP contribution in [0.25, 0.3) is 21.5 Å². The normalized spacial score (nSPS) is 14.2. The third-order valence-corrected chi connectivity index (χ3v) is 4.11. The summed E-state index contributed by atoms with van der Waals surface area (Å²) in [5.41, 5.74) is 1.04. The summed E-state index contributed by atoms with van der Waals surface area (Å²) in [6.45, 7) is 2.22. The van der Waals surface area contributed by atoms with Crippen LogP contribution in [0.4, 0.5) is 0 Å². The first kappa shape index (κ1) is 12.1. The Morgan fingerprint density at radius 3 is 1.67 bits per heavy atom. The summed E-state index contributed by atoms with van der Waals surface area (Å²) >= 11 is 0. The number of benzene rings is 3. The smallest absolute Gasteiger partial charge is 0.261 e. The Hall–Kier alpha value is -2.68. The van der Waals surface area contributed by atoms with E-state index in [1.807, 2.05) is 43.3 Å². The van der Waals surface area contributed by atoms with Crippen LogP contribution in [0.1, 0.15) is 27.6 Å². The van der Waals surface area contributed by atoms with E-state index in [1.165, 1.54) is 4.90 Å². The molecule has 2 amide bonds. The molecule has 0 aliphatic carbocycles. The third-order valence-electron chi connectivity index (χ3n) is 4.11. The van der Waals surface area contributed by atoms with E-state index in [0.717, 1.165) is 21.5 Å². The van der Waals surface area contributed by atoms with Gasteiger partial charge in [-0.1, -0.05) is 24.3 Å². The number of nitrogens with zero attached hydrogens (tertiary/aromatic N) is 1. The van der Waals surface area contributed by atoms with Crippen molar-refractivity contribution in [1.82, 2.24) is 4.90 Å². The highest BCUT2D eigenvalue weighted by molar-refractivity contribution is 6.23. The van der Waals surface area contributed by atoms with Gasteiger partial charge in [-0.15, -0.1) is 0 Å². The number of carbonyl (C=O) groups is 2. The van der Waals surface area contributed by atoms with E-state index >= 15 is 0 Å². The second kappa shape index (κ2) is 4.16. The number of hydrogen-bond donors (Lipinski definition) is 0. The van der Waals surface area contributed by atoms with Crippen LogP contribution in [0.2, 0.25) is 0 Å². The molecule has 0 N–H and O–H groups in total. The maximum absolute atomic E-state index is 12.3. The van der Waals surface area contributed by atoms with Gasteiger partial charge >= 0.3 is 0 Å². The number of amides is 2. The van der Waals surface area contributed by atoms with Gasteiger partial charge in [0.15, 0.2) is 0 Å². The summed E-state index contributed by atoms with van der Waals surface area (Å²) in [4.78, 5) is 25.8. The summed E-state index contributed by atoms with van der Waals surface area (Å²) in [5, 5.41) is 4.25. The van der Waals surface area contributed by atoms with Crippen LogP contribution in [0, 0.1) is 0 Å². The van der Waals surface area contributed by atoms with E-state index in [1.54, 1.807) is 0 Å². The summed E-state index contributed by atoms with van der Waals surface area (Å²) in [7, 11) is 0. The third kappa shape index (κ3) is 1.61. The Kier molecular flexibility index (Phi) is 2.39. The molecule has 0 aromatic heterocycles. The molecule has 0 fully saturated rings. The fourth-order valence-electron chi connectivity index (χ4n) is 3.02. The molecule has 0 unspecified atom stereocenters. The molecule has 0 atom stereocenters. The molecule has 0 saturated heterocycles. The predicted molar refractivity (Wildman–Crippen MR) is 82.5 cm³/mol. The lowest BCUT2D eigenvalue weighted by atomic mass is 9.99. The molecule has 1 aliphatic heterocycles. The van der Waals surface area contributed by atoms with Crippen LogP contribution in [0.15, 0.2) is 48.5 Å². The van der Waals surface area contributed by atoms with Gasteiger partial charge in [-0.25, -0.2) is 0 Å². The second-order valence-corrected chi connectivity index (χ2v) is 5.30. The Bertz CT molecular complexity index is 853. The van der Waals surface area contributed by atoms with Crippen molar-refractivity contribution < 1.29 is 9.59 Å². The summed E-state index contributed by atoms with van der Waals surface area (Å²) in [5.74, 6) is -0.375. The predicted octanol–water partition coefficient (Wildman–Crippen LogP) is 3.61. The highest BCUT2D eigenvalue weighted by atomic mass is 16.2. The van der Waals surface area contributed by atoms with Crippen LogP contribution in [-0.2, 0) is 0 Å². The topological polar surface area (TPSA) is 37.4 Å². The minimum atomic E-state index is -0.187. The molecule has 4 rings (SSSR count). The van der Waals surface area contributed by atoms with Crippen molar-refractivity contribution in [2.24, 2.45) is 0 Å². The first-order valence-corrected chi connectivity index (χ1v) is 7.02. The largest absolute Gasteiger partial charge is 0.275 e. The number of rotatable bonds is 1. The number of imide groups is 1. The zero-order valence-corrected chi connectivity index (χ0v) is 11.6. The van der Waals surface area contributed by atoms with Gasteiger partial charge in [-0.2, -0.15) is 0 Å². The molecule has 0 saturated carbocycles. The van der Waals surface area contributed by atoms with E-state index in [9.17, 15) is 9.59 Å². The fraction of sp³-hybridized carbons (Fsp3) is 0.111.